The Morgan fingerprint density at radius 3 is 2.58 bits per heavy atom. The Morgan fingerprint density at radius 2 is 1.81 bits per heavy atom. The van der Waals surface area contributed by atoms with Gasteiger partial charge in [0.05, 0.1) is 5.69 Å². The zero-order chi connectivity index (χ0) is 21.7. The van der Waals surface area contributed by atoms with Gasteiger partial charge in [-0.3, -0.25) is 15.1 Å². The fraction of sp³-hybridized carbons (Fsp3) is 0.240. The van der Waals surface area contributed by atoms with Gasteiger partial charge in [-0.1, -0.05) is 44.2 Å². The molecule has 1 aromatic carbocycles. The number of pyridine rings is 1. The topological polar surface area (TPSA) is 59.8 Å². The highest BCUT2D eigenvalue weighted by Gasteiger charge is 2.24. The molecule has 3 heterocycles. The van der Waals surface area contributed by atoms with E-state index in [4.69, 9.17) is 4.98 Å². The van der Waals surface area contributed by atoms with E-state index in [1.165, 1.54) is 16.9 Å². The van der Waals surface area contributed by atoms with Crippen LogP contribution in [-0.2, 0) is 18.4 Å². The molecule has 158 valence electrons. The van der Waals surface area contributed by atoms with Crippen LogP contribution in [0.3, 0.4) is 0 Å². The maximum Gasteiger partial charge on any atom is 0.274 e. The van der Waals surface area contributed by atoms with Crippen molar-refractivity contribution in [3.05, 3.63) is 101 Å². The van der Waals surface area contributed by atoms with Gasteiger partial charge in [0.1, 0.15) is 5.69 Å². The number of rotatable bonds is 8. The van der Waals surface area contributed by atoms with Crippen LogP contribution in [0.15, 0.2) is 78.6 Å². The Bertz CT molecular complexity index is 1130. The second-order valence-corrected chi connectivity index (χ2v) is 9.10. The van der Waals surface area contributed by atoms with Gasteiger partial charge in [0.15, 0.2) is 5.13 Å². The first kappa shape index (κ1) is 21.0. The highest BCUT2D eigenvalue weighted by atomic mass is 32.1. The zero-order valence-electron chi connectivity index (χ0n) is 17.8. The van der Waals surface area contributed by atoms with Crippen LogP contribution in [-0.4, -0.2) is 20.4 Å². The molecule has 5 nitrogen and oxygen atoms in total. The van der Waals surface area contributed by atoms with E-state index in [1.54, 1.807) is 12.4 Å². The summed E-state index contributed by atoms with van der Waals surface area (Å²) in [6, 6.07) is 18.1. The van der Waals surface area contributed by atoms with E-state index in [9.17, 15) is 4.79 Å². The van der Waals surface area contributed by atoms with Gasteiger partial charge in [-0.15, -0.1) is 11.3 Å². The summed E-state index contributed by atoms with van der Waals surface area (Å²) in [4.78, 5) is 21.7. The number of aromatic nitrogens is 3. The summed E-state index contributed by atoms with van der Waals surface area (Å²) in [5, 5.41) is 5.65. The lowest BCUT2D eigenvalue weighted by atomic mass is 9.84. The van der Waals surface area contributed by atoms with Crippen LogP contribution in [0.25, 0.3) is 0 Å². The summed E-state index contributed by atoms with van der Waals surface area (Å²) in [7, 11) is 0. The number of nitrogens with one attached hydrogen (secondary N) is 1. The smallest absolute Gasteiger partial charge is 0.274 e. The van der Waals surface area contributed by atoms with E-state index in [0.29, 0.717) is 17.4 Å². The molecule has 1 amide bonds. The average molecular weight is 431 g/mol. The van der Waals surface area contributed by atoms with Gasteiger partial charge < -0.3 is 4.57 Å². The molecule has 3 aromatic heterocycles. The van der Waals surface area contributed by atoms with Crippen molar-refractivity contribution in [3.8, 4) is 0 Å². The first-order valence-corrected chi connectivity index (χ1v) is 11.2. The van der Waals surface area contributed by atoms with Crippen molar-refractivity contribution in [2.45, 2.75) is 38.6 Å². The molecule has 4 aromatic rings. The lowest BCUT2D eigenvalue weighted by Gasteiger charge is -2.22. The molecule has 6 heteroatoms. The number of hydrogen-bond donors (Lipinski definition) is 1. The second kappa shape index (κ2) is 9.27. The van der Waals surface area contributed by atoms with Gasteiger partial charge in [0.25, 0.3) is 5.91 Å². The Morgan fingerprint density at radius 1 is 1.03 bits per heavy atom. The SMILES string of the molecule is CC(C)(CCc1ccccc1)c1csc(NC(=O)c2cccn2Cc2ccncc2)n1. The third-order valence-corrected chi connectivity index (χ3v) is 6.22. The molecule has 0 atom stereocenters. The molecule has 0 aliphatic rings. The normalized spacial score (nSPS) is 11.4. The molecule has 0 unspecified atom stereocenters. The van der Waals surface area contributed by atoms with Crippen LogP contribution >= 0.6 is 11.3 Å². The van der Waals surface area contributed by atoms with Crippen LogP contribution in [0.1, 0.15) is 47.6 Å². The summed E-state index contributed by atoms with van der Waals surface area (Å²) < 4.78 is 1.93. The average Bonchev–Trinajstić information content (AvgIpc) is 3.44. The molecule has 4 rings (SSSR count). The number of carbonyl (C=O) groups is 1. The van der Waals surface area contributed by atoms with Crippen molar-refractivity contribution in [1.29, 1.82) is 0 Å². The fourth-order valence-electron chi connectivity index (χ4n) is 3.48. The van der Waals surface area contributed by atoms with Crippen LogP contribution < -0.4 is 5.32 Å². The predicted octanol–water partition coefficient (Wildman–Crippen LogP) is 5.55. The predicted molar refractivity (Wildman–Crippen MR) is 126 cm³/mol. The number of hydrogen-bond acceptors (Lipinski definition) is 4. The van der Waals surface area contributed by atoms with E-state index in [2.05, 4.69) is 53.8 Å². The summed E-state index contributed by atoms with van der Waals surface area (Å²) in [5.41, 5.74) is 3.97. The second-order valence-electron chi connectivity index (χ2n) is 8.24. The van der Waals surface area contributed by atoms with E-state index in [0.717, 1.165) is 24.1 Å². The monoisotopic (exact) mass is 430 g/mol. The number of nitrogens with zero attached hydrogens (tertiary/aromatic N) is 3. The van der Waals surface area contributed by atoms with Gasteiger partial charge in [0, 0.05) is 35.9 Å². The summed E-state index contributed by atoms with van der Waals surface area (Å²) in [6.45, 7) is 5.03. The van der Waals surface area contributed by atoms with Gasteiger partial charge >= 0.3 is 0 Å². The van der Waals surface area contributed by atoms with Crippen molar-refractivity contribution in [3.63, 3.8) is 0 Å². The molecular weight excluding hydrogens is 404 g/mol. The number of carbonyl (C=O) groups excluding carboxylic acids is 1. The largest absolute Gasteiger partial charge is 0.339 e. The minimum absolute atomic E-state index is 0.0725. The lowest BCUT2D eigenvalue weighted by Crippen LogP contribution is -2.20. The third-order valence-electron chi connectivity index (χ3n) is 5.46. The molecule has 31 heavy (non-hydrogen) atoms. The number of anilines is 1. The van der Waals surface area contributed by atoms with Crippen molar-refractivity contribution in [2.75, 3.05) is 5.32 Å². The minimum Gasteiger partial charge on any atom is -0.339 e. The van der Waals surface area contributed by atoms with Crippen LogP contribution in [0.5, 0.6) is 0 Å². The first-order valence-electron chi connectivity index (χ1n) is 10.4. The number of thiazole rings is 1. The highest BCUT2D eigenvalue weighted by molar-refractivity contribution is 7.14. The van der Waals surface area contributed by atoms with E-state index >= 15 is 0 Å². The molecule has 0 aliphatic heterocycles. The molecule has 0 saturated carbocycles. The Labute approximate surface area is 186 Å². The molecule has 0 aliphatic carbocycles. The minimum atomic E-state index is -0.151. The molecule has 0 saturated heterocycles. The summed E-state index contributed by atoms with van der Waals surface area (Å²) in [6.07, 6.45) is 7.41. The molecular formula is C25H26N4OS. The van der Waals surface area contributed by atoms with Crippen LogP contribution in [0.4, 0.5) is 5.13 Å². The maximum atomic E-state index is 12.9. The Hall–Kier alpha value is -3.25. The van der Waals surface area contributed by atoms with E-state index < -0.39 is 0 Å². The molecule has 0 radical (unpaired) electrons. The van der Waals surface area contributed by atoms with Crippen molar-refractivity contribution >= 4 is 22.4 Å². The van der Waals surface area contributed by atoms with Gasteiger partial charge in [-0.2, -0.15) is 0 Å². The molecule has 0 spiro atoms. The van der Waals surface area contributed by atoms with Gasteiger partial charge in [0.2, 0.25) is 0 Å². The first-order chi connectivity index (χ1) is 15.0. The van der Waals surface area contributed by atoms with Gasteiger partial charge in [-0.05, 0) is 48.2 Å². The van der Waals surface area contributed by atoms with Crippen molar-refractivity contribution < 1.29 is 4.79 Å². The lowest BCUT2D eigenvalue weighted by molar-refractivity contribution is 0.101. The maximum absolute atomic E-state index is 12.9. The summed E-state index contributed by atoms with van der Waals surface area (Å²) in [5.74, 6) is -0.151. The number of aryl methyl sites for hydroxylation is 1. The zero-order valence-corrected chi connectivity index (χ0v) is 18.6. The Balaban J connectivity index is 1.41. The van der Waals surface area contributed by atoms with Crippen LogP contribution in [0.2, 0.25) is 0 Å². The van der Waals surface area contributed by atoms with Gasteiger partial charge in [-0.25, -0.2) is 4.98 Å². The molecule has 0 bridgehead atoms. The quantitative estimate of drug-likeness (QED) is 0.399. The molecule has 0 fully saturated rings. The summed E-state index contributed by atoms with van der Waals surface area (Å²) >= 11 is 1.47. The van der Waals surface area contributed by atoms with E-state index in [1.807, 2.05) is 41.1 Å². The fourth-order valence-corrected chi connectivity index (χ4v) is 4.37. The standard InChI is InChI=1S/C25H26N4OS/c1-25(2,13-10-19-7-4-3-5-8-19)22-18-31-24(27-22)28-23(30)21-9-6-16-29(21)17-20-11-14-26-15-12-20/h3-9,11-12,14-16,18H,10,13,17H2,1-2H3,(H,27,28,30). The van der Waals surface area contributed by atoms with Crippen LogP contribution in [0, 0.1) is 0 Å². The molecule has 1 N–H and O–H groups in total. The van der Waals surface area contributed by atoms with Crippen molar-refractivity contribution in [1.82, 2.24) is 14.5 Å². The number of benzene rings is 1. The Kier molecular flexibility index (Phi) is 6.28. The highest BCUT2D eigenvalue weighted by Crippen LogP contribution is 2.31. The number of amides is 1. The van der Waals surface area contributed by atoms with Crippen molar-refractivity contribution in [2.24, 2.45) is 0 Å². The third kappa shape index (κ3) is 5.27. The van der Waals surface area contributed by atoms with E-state index in [-0.39, 0.29) is 11.3 Å².